The van der Waals surface area contributed by atoms with Crippen LogP contribution in [0.2, 0.25) is 10.0 Å². The highest BCUT2D eigenvalue weighted by Gasteiger charge is 2.15. The summed E-state index contributed by atoms with van der Waals surface area (Å²) >= 11 is 12.1. The van der Waals surface area contributed by atoms with Crippen molar-refractivity contribution in [1.82, 2.24) is 4.98 Å². The van der Waals surface area contributed by atoms with E-state index in [4.69, 9.17) is 23.2 Å². The lowest BCUT2D eigenvalue weighted by molar-refractivity contribution is 0.0977. The Kier molecular flexibility index (Phi) is 3.98. The molecular formula is C14H15Cl2NO. The van der Waals surface area contributed by atoms with Gasteiger partial charge >= 0.3 is 0 Å². The highest BCUT2D eigenvalue weighted by atomic mass is 35.5. The van der Waals surface area contributed by atoms with Crippen molar-refractivity contribution in [3.8, 4) is 0 Å². The van der Waals surface area contributed by atoms with Crippen LogP contribution in [0.25, 0.3) is 10.9 Å². The minimum absolute atomic E-state index is 0.124. The molecule has 0 aliphatic carbocycles. The summed E-state index contributed by atoms with van der Waals surface area (Å²) in [6.45, 7) is 4.21. The van der Waals surface area contributed by atoms with Gasteiger partial charge in [0.1, 0.15) is 0 Å². The number of halogens is 2. The van der Waals surface area contributed by atoms with E-state index in [-0.39, 0.29) is 5.78 Å². The second-order valence-corrected chi connectivity index (χ2v) is 5.71. The summed E-state index contributed by atoms with van der Waals surface area (Å²) in [6, 6.07) is 3.44. The number of carbonyl (C=O) groups is 1. The van der Waals surface area contributed by atoms with E-state index in [1.807, 2.05) is 0 Å². The van der Waals surface area contributed by atoms with Crippen molar-refractivity contribution in [3.63, 3.8) is 0 Å². The van der Waals surface area contributed by atoms with Crippen LogP contribution < -0.4 is 0 Å². The average Bonchev–Trinajstić information content (AvgIpc) is 2.69. The minimum Gasteiger partial charge on any atom is -0.360 e. The van der Waals surface area contributed by atoms with Gasteiger partial charge in [-0.3, -0.25) is 4.79 Å². The summed E-state index contributed by atoms with van der Waals surface area (Å²) in [4.78, 5) is 15.2. The molecule has 0 atom stereocenters. The van der Waals surface area contributed by atoms with Crippen molar-refractivity contribution in [1.29, 1.82) is 0 Å². The summed E-state index contributed by atoms with van der Waals surface area (Å²) in [5.74, 6) is 0.642. The van der Waals surface area contributed by atoms with Crippen molar-refractivity contribution in [3.05, 3.63) is 33.9 Å². The lowest BCUT2D eigenvalue weighted by Crippen LogP contribution is -2.00. The molecule has 0 bridgehead atoms. The first-order valence-electron chi connectivity index (χ1n) is 5.98. The van der Waals surface area contributed by atoms with E-state index in [1.165, 1.54) is 0 Å². The normalized spacial score (nSPS) is 11.4. The molecule has 0 saturated carbocycles. The van der Waals surface area contributed by atoms with Gasteiger partial charge < -0.3 is 4.98 Å². The molecule has 1 aromatic heterocycles. The first kappa shape index (κ1) is 13.4. The fourth-order valence-corrected chi connectivity index (χ4v) is 2.55. The fraction of sp³-hybridized carbons (Fsp3) is 0.357. The Balaban J connectivity index is 2.37. The maximum absolute atomic E-state index is 12.1. The maximum Gasteiger partial charge on any atom is 0.165 e. The molecular weight excluding hydrogens is 269 g/mol. The fourth-order valence-electron chi connectivity index (χ4n) is 1.96. The number of aromatic amines is 1. The number of rotatable bonds is 4. The van der Waals surface area contributed by atoms with Gasteiger partial charge in [0.25, 0.3) is 0 Å². The Hall–Kier alpha value is -0.990. The average molecular weight is 284 g/mol. The Morgan fingerprint density at radius 2 is 2.06 bits per heavy atom. The third kappa shape index (κ3) is 2.70. The third-order valence-corrected chi connectivity index (χ3v) is 3.46. The van der Waals surface area contributed by atoms with Crippen molar-refractivity contribution >= 4 is 39.9 Å². The number of Topliss-reactive ketones (excluding diaryl/α,β-unsaturated/α-hetero) is 1. The van der Waals surface area contributed by atoms with E-state index in [2.05, 4.69) is 18.8 Å². The van der Waals surface area contributed by atoms with Crippen LogP contribution in [0.1, 0.15) is 37.0 Å². The van der Waals surface area contributed by atoms with Gasteiger partial charge in [0.15, 0.2) is 5.78 Å². The molecule has 2 aromatic rings. The molecule has 0 amide bonds. The summed E-state index contributed by atoms with van der Waals surface area (Å²) in [5.41, 5.74) is 1.47. The van der Waals surface area contributed by atoms with Crippen LogP contribution in [0.15, 0.2) is 18.3 Å². The van der Waals surface area contributed by atoms with Gasteiger partial charge in [0.05, 0.1) is 5.02 Å². The zero-order valence-electron chi connectivity index (χ0n) is 10.4. The largest absolute Gasteiger partial charge is 0.360 e. The molecule has 0 saturated heterocycles. The van der Waals surface area contributed by atoms with Crippen molar-refractivity contribution in [2.75, 3.05) is 0 Å². The number of nitrogens with one attached hydrogen (secondary N) is 1. The summed E-state index contributed by atoms with van der Waals surface area (Å²) in [6.07, 6.45) is 3.15. The number of fused-ring (bicyclic) bond motifs is 1. The van der Waals surface area contributed by atoms with E-state index in [0.29, 0.717) is 27.9 Å². The van der Waals surface area contributed by atoms with Crippen molar-refractivity contribution < 1.29 is 4.79 Å². The zero-order chi connectivity index (χ0) is 13.3. The van der Waals surface area contributed by atoms with E-state index in [9.17, 15) is 4.79 Å². The Morgan fingerprint density at radius 3 is 2.72 bits per heavy atom. The number of hydrogen-bond acceptors (Lipinski definition) is 1. The second kappa shape index (κ2) is 5.33. The molecule has 2 nitrogen and oxygen atoms in total. The number of hydrogen-bond donors (Lipinski definition) is 1. The zero-order valence-corrected chi connectivity index (χ0v) is 11.9. The van der Waals surface area contributed by atoms with Crippen LogP contribution in [-0.2, 0) is 0 Å². The van der Waals surface area contributed by atoms with Crippen LogP contribution in [0.5, 0.6) is 0 Å². The minimum atomic E-state index is 0.124. The molecule has 4 heteroatoms. The molecule has 0 fully saturated rings. The number of H-pyrrole nitrogens is 1. The summed E-state index contributed by atoms with van der Waals surface area (Å²) in [7, 11) is 0. The molecule has 1 heterocycles. The van der Waals surface area contributed by atoms with Crippen molar-refractivity contribution in [2.24, 2.45) is 5.92 Å². The van der Waals surface area contributed by atoms with Gasteiger partial charge in [0, 0.05) is 34.1 Å². The predicted octanol–water partition coefficient (Wildman–Crippen LogP) is 5.09. The molecule has 0 unspecified atom stereocenters. The third-order valence-electron chi connectivity index (χ3n) is 2.95. The SMILES string of the molecule is CC(C)CCC(=O)c1c[nH]c2cc(Cl)cc(Cl)c12. The highest BCUT2D eigenvalue weighted by Crippen LogP contribution is 2.31. The Morgan fingerprint density at radius 1 is 1.33 bits per heavy atom. The Bertz CT molecular complexity index is 587. The monoisotopic (exact) mass is 283 g/mol. The highest BCUT2D eigenvalue weighted by molar-refractivity contribution is 6.39. The Labute approximate surface area is 116 Å². The standard InChI is InChI=1S/C14H15Cl2NO/c1-8(2)3-4-13(18)10-7-17-12-6-9(15)5-11(16)14(10)12/h5-8,17H,3-4H2,1-2H3. The van der Waals surface area contributed by atoms with Crippen LogP contribution in [0.3, 0.4) is 0 Å². The van der Waals surface area contributed by atoms with E-state index in [1.54, 1.807) is 18.3 Å². The van der Waals surface area contributed by atoms with Crippen LogP contribution in [-0.4, -0.2) is 10.8 Å². The summed E-state index contributed by atoms with van der Waals surface area (Å²) < 4.78 is 0. The van der Waals surface area contributed by atoms with Crippen LogP contribution in [0.4, 0.5) is 0 Å². The molecule has 0 spiro atoms. The number of ketones is 1. The quantitative estimate of drug-likeness (QED) is 0.779. The topological polar surface area (TPSA) is 32.9 Å². The van der Waals surface area contributed by atoms with E-state index >= 15 is 0 Å². The molecule has 0 aliphatic heterocycles. The lowest BCUT2D eigenvalue weighted by atomic mass is 10.0. The molecule has 96 valence electrons. The van der Waals surface area contributed by atoms with E-state index < -0.39 is 0 Å². The van der Waals surface area contributed by atoms with Gasteiger partial charge in [-0.1, -0.05) is 37.0 Å². The van der Waals surface area contributed by atoms with Gasteiger partial charge in [-0.2, -0.15) is 0 Å². The molecule has 2 rings (SSSR count). The van der Waals surface area contributed by atoms with Gasteiger partial charge in [-0.25, -0.2) is 0 Å². The van der Waals surface area contributed by atoms with Gasteiger partial charge in [0.2, 0.25) is 0 Å². The molecule has 18 heavy (non-hydrogen) atoms. The lowest BCUT2D eigenvalue weighted by Gasteiger charge is -2.04. The number of benzene rings is 1. The number of carbonyl (C=O) groups excluding carboxylic acids is 1. The summed E-state index contributed by atoms with van der Waals surface area (Å²) in [5, 5.41) is 1.86. The molecule has 1 N–H and O–H groups in total. The molecule has 0 aliphatic rings. The first-order valence-corrected chi connectivity index (χ1v) is 6.74. The van der Waals surface area contributed by atoms with Crippen LogP contribution in [0, 0.1) is 5.92 Å². The van der Waals surface area contributed by atoms with E-state index in [0.717, 1.165) is 17.3 Å². The van der Waals surface area contributed by atoms with Crippen molar-refractivity contribution in [2.45, 2.75) is 26.7 Å². The second-order valence-electron chi connectivity index (χ2n) is 4.87. The smallest absolute Gasteiger partial charge is 0.165 e. The van der Waals surface area contributed by atoms with Gasteiger partial charge in [-0.15, -0.1) is 0 Å². The maximum atomic E-state index is 12.1. The predicted molar refractivity (Wildman–Crippen MR) is 76.7 cm³/mol. The van der Waals surface area contributed by atoms with Crippen LogP contribution >= 0.6 is 23.2 Å². The number of aromatic nitrogens is 1. The molecule has 0 radical (unpaired) electrons. The van der Waals surface area contributed by atoms with Gasteiger partial charge in [-0.05, 0) is 24.5 Å². The first-order chi connectivity index (χ1) is 8.49. The molecule has 1 aromatic carbocycles.